The van der Waals surface area contributed by atoms with Crippen molar-refractivity contribution >= 4 is 39.9 Å². The number of hydrogen-bond donors (Lipinski definition) is 2. The topological polar surface area (TPSA) is 76.4 Å². The lowest BCUT2D eigenvalue weighted by Crippen LogP contribution is -2.53. The molecule has 0 saturated carbocycles. The van der Waals surface area contributed by atoms with E-state index in [0.29, 0.717) is 16.8 Å². The van der Waals surface area contributed by atoms with Gasteiger partial charge in [-0.3, -0.25) is 4.79 Å². The highest BCUT2D eigenvalue weighted by molar-refractivity contribution is 14.1. The van der Waals surface area contributed by atoms with Gasteiger partial charge in [0, 0.05) is 16.7 Å². The molecule has 5 nitrogen and oxygen atoms in total. The van der Waals surface area contributed by atoms with Crippen LogP contribution in [0.25, 0.3) is 0 Å². The maximum atomic E-state index is 14.1. The number of likely N-dealkylation sites (tertiary alicyclic amines) is 1. The molecule has 0 aliphatic carbocycles. The number of carbonyl (C=O) groups excluding carboxylic acids is 1. The van der Waals surface area contributed by atoms with Crippen molar-refractivity contribution in [2.45, 2.75) is 6.10 Å². The molecule has 1 aliphatic rings. The number of halogens is 2. The van der Waals surface area contributed by atoms with Gasteiger partial charge < -0.3 is 15.3 Å². The Hall–Kier alpha value is -2.18. The van der Waals surface area contributed by atoms with Crippen LogP contribution >= 0.6 is 22.6 Å². The first-order valence-corrected chi connectivity index (χ1v) is 8.29. The number of rotatable bonds is 3. The van der Waals surface area contributed by atoms with Crippen molar-refractivity contribution < 1.29 is 14.3 Å². The molecule has 1 amide bonds. The number of hydrogen-bond acceptors (Lipinski definition) is 4. The number of benzene rings is 2. The van der Waals surface area contributed by atoms with Gasteiger partial charge in [0.15, 0.2) is 0 Å². The lowest BCUT2D eigenvalue weighted by atomic mass is 10.0. The summed E-state index contributed by atoms with van der Waals surface area (Å²) in [6.07, 6.45) is -0.502. The van der Waals surface area contributed by atoms with Gasteiger partial charge in [0.25, 0.3) is 5.91 Å². The zero-order valence-electron chi connectivity index (χ0n) is 12.5. The molecule has 1 heterocycles. The molecule has 1 aliphatic heterocycles. The summed E-state index contributed by atoms with van der Waals surface area (Å²) in [5.41, 5.74) is 1.28. The van der Waals surface area contributed by atoms with Gasteiger partial charge >= 0.3 is 0 Å². The van der Waals surface area contributed by atoms with Crippen LogP contribution in [0, 0.1) is 20.7 Å². The largest absolute Gasteiger partial charge is 0.389 e. The average Bonchev–Trinajstić information content (AvgIpc) is 2.54. The molecule has 1 saturated heterocycles. The second-order valence-corrected chi connectivity index (χ2v) is 6.73. The molecule has 0 bridgehead atoms. The van der Waals surface area contributed by atoms with Crippen LogP contribution in [0.15, 0.2) is 36.4 Å². The number of anilines is 2. The van der Waals surface area contributed by atoms with E-state index in [1.807, 2.05) is 28.7 Å². The zero-order chi connectivity index (χ0) is 17.3. The number of amides is 1. The number of carbonyl (C=O) groups is 1. The quantitative estimate of drug-likeness (QED) is 0.725. The van der Waals surface area contributed by atoms with E-state index in [-0.39, 0.29) is 24.7 Å². The summed E-state index contributed by atoms with van der Waals surface area (Å²) in [6.45, 7) is 0.548. The molecule has 0 atom stereocenters. The fourth-order valence-electron chi connectivity index (χ4n) is 2.43. The molecule has 0 spiro atoms. The molecule has 2 N–H and O–H groups in total. The molecule has 3 rings (SSSR count). The molecule has 122 valence electrons. The molecular weight excluding hydrogens is 424 g/mol. The minimum atomic E-state index is -0.502. The molecule has 2 aromatic rings. The van der Waals surface area contributed by atoms with E-state index in [1.165, 1.54) is 17.0 Å². The van der Waals surface area contributed by atoms with Crippen molar-refractivity contribution in [2.24, 2.45) is 0 Å². The second-order valence-electron chi connectivity index (χ2n) is 5.49. The van der Waals surface area contributed by atoms with E-state index in [9.17, 15) is 14.3 Å². The Kier molecular flexibility index (Phi) is 4.69. The number of nitriles is 1. The van der Waals surface area contributed by atoms with Crippen molar-refractivity contribution in [1.29, 1.82) is 5.26 Å². The van der Waals surface area contributed by atoms with Crippen LogP contribution < -0.4 is 5.32 Å². The smallest absolute Gasteiger partial charge is 0.256 e. The Bertz CT molecular complexity index is 844. The summed E-state index contributed by atoms with van der Waals surface area (Å²) in [7, 11) is 0. The van der Waals surface area contributed by atoms with E-state index in [4.69, 9.17) is 5.26 Å². The van der Waals surface area contributed by atoms with Crippen LogP contribution in [0.5, 0.6) is 0 Å². The number of aliphatic hydroxyl groups excluding tert-OH is 1. The summed E-state index contributed by atoms with van der Waals surface area (Å²) in [6, 6.07) is 11.3. The van der Waals surface area contributed by atoms with Crippen LogP contribution in [0.3, 0.4) is 0 Å². The van der Waals surface area contributed by atoms with Crippen molar-refractivity contribution in [3.05, 3.63) is 56.9 Å². The van der Waals surface area contributed by atoms with Gasteiger partial charge in [-0.1, -0.05) is 0 Å². The van der Waals surface area contributed by atoms with E-state index >= 15 is 0 Å². The highest BCUT2D eigenvalue weighted by Gasteiger charge is 2.30. The molecule has 7 heteroatoms. The second kappa shape index (κ2) is 6.75. The third-order valence-electron chi connectivity index (χ3n) is 3.73. The Morgan fingerprint density at radius 2 is 2.04 bits per heavy atom. The van der Waals surface area contributed by atoms with Gasteiger partial charge in [0.05, 0.1) is 34.7 Å². The van der Waals surface area contributed by atoms with Gasteiger partial charge in [-0.05, 0) is 59.0 Å². The van der Waals surface area contributed by atoms with E-state index in [0.717, 1.165) is 3.57 Å². The Morgan fingerprint density at radius 1 is 1.29 bits per heavy atom. The minimum absolute atomic E-state index is 0.225. The van der Waals surface area contributed by atoms with Crippen LogP contribution in [-0.4, -0.2) is 35.1 Å². The first-order valence-electron chi connectivity index (χ1n) is 7.21. The fourth-order valence-corrected chi connectivity index (χ4v) is 2.88. The molecule has 0 unspecified atom stereocenters. The van der Waals surface area contributed by atoms with Gasteiger partial charge in [0.2, 0.25) is 0 Å². The average molecular weight is 437 g/mol. The maximum absolute atomic E-state index is 14.1. The first kappa shape index (κ1) is 16.7. The fraction of sp³-hybridized carbons (Fsp3) is 0.176. The van der Waals surface area contributed by atoms with Crippen LogP contribution in [-0.2, 0) is 0 Å². The third kappa shape index (κ3) is 3.34. The van der Waals surface area contributed by atoms with Crippen LogP contribution in [0.4, 0.5) is 15.8 Å². The lowest BCUT2D eigenvalue weighted by Gasteiger charge is -2.36. The van der Waals surface area contributed by atoms with E-state index in [2.05, 4.69) is 5.32 Å². The summed E-state index contributed by atoms with van der Waals surface area (Å²) >= 11 is 2.01. The van der Waals surface area contributed by atoms with Crippen molar-refractivity contribution in [3.63, 3.8) is 0 Å². The lowest BCUT2D eigenvalue weighted by molar-refractivity contribution is 0.00596. The van der Waals surface area contributed by atoms with Gasteiger partial charge in [-0.2, -0.15) is 5.26 Å². The number of nitrogens with one attached hydrogen (secondary N) is 1. The summed E-state index contributed by atoms with van der Waals surface area (Å²) < 4.78 is 14.8. The monoisotopic (exact) mass is 437 g/mol. The summed E-state index contributed by atoms with van der Waals surface area (Å²) in [5.74, 6) is -0.708. The molecular formula is C17H13FIN3O2. The molecule has 0 aromatic heterocycles. The number of β-amino-alcohol motifs (C(OH)–C–C–N with tert-alkyl or cyclic N) is 1. The van der Waals surface area contributed by atoms with Gasteiger partial charge in [0.1, 0.15) is 5.82 Å². The van der Waals surface area contributed by atoms with Gasteiger partial charge in [-0.25, -0.2) is 4.39 Å². The normalized spacial score (nSPS) is 14.0. The summed E-state index contributed by atoms with van der Waals surface area (Å²) in [4.78, 5) is 14.0. The molecule has 1 fully saturated rings. The predicted molar refractivity (Wildman–Crippen MR) is 95.5 cm³/mol. The Morgan fingerprint density at radius 3 is 2.67 bits per heavy atom. The van der Waals surface area contributed by atoms with Gasteiger partial charge in [-0.15, -0.1) is 0 Å². The standard InChI is InChI=1S/C17H13FIN3O2/c18-14-6-11(19)2-4-15(14)21-16-5-10(7-20)1-3-13(16)17(24)22-8-12(23)9-22/h1-6,12,21,23H,8-9H2. The van der Waals surface area contributed by atoms with E-state index < -0.39 is 11.9 Å². The van der Waals surface area contributed by atoms with Crippen LogP contribution in [0.1, 0.15) is 15.9 Å². The predicted octanol–water partition coefficient (Wildman–Crippen LogP) is 2.86. The first-order chi connectivity index (χ1) is 11.5. The number of nitrogens with zero attached hydrogens (tertiary/aromatic N) is 2. The minimum Gasteiger partial charge on any atom is -0.389 e. The molecule has 24 heavy (non-hydrogen) atoms. The third-order valence-corrected chi connectivity index (χ3v) is 4.40. The Balaban J connectivity index is 1.95. The highest BCUT2D eigenvalue weighted by Crippen LogP contribution is 2.27. The highest BCUT2D eigenvalue weighted by atomic mass is 127. The van der Waals surface area contributed by atoms with Crippen LogP contribution in [0.2, 0.25) is 0 Å². The zero-order valence-corrected chi connectivity index (χ0v) is 14.6. The SMILES string of the molecule is N#Cc1ccc(C(=O)N2CC(O)C2)c(Nc2ccc(I)cc2F)c1. The number of aliphatic hydroxyl groups is 1. The maximum Gasteiger partial charge on any atom is 0.256 e. The van der Waals surface area contributed by atoms with E-state index in [1.54, 1.807) is 24.3 Å². The Labute approximate surface area is 151 Å². The van der Waals surface area contributed by atoms with Crippen molar-refractivity contribution in [3.8, 4) is 6.07 Å². The molecule has 0 radical (unpaired) electrons. The summed E-state index contributed by atoms with van der Waals surface area (Å²) in [5, 5.41) is 21.3. The molecule has 2 aromatic carbocycles. The van der Waals surface area contributed by atoms with Crippen molar-refractivity contribution in [1.82, 2.24) is 4.90 Å². The van der Waals surface area contributed by atoms with Crippen molar-refractivity contribution in [2.75, 3.05) is 18.4 Å².